The molecule has 1 N–H and O–H groups in total. The van der Waals surface area contributed by atoms with Crippen molar-refractivity contribution in [2.45, 2.75) is 32.7 Å². The molecule has 8 heteroatoms. The smallest absolute Gasteiger partial charge is 0.244 e. The van der Waals surface area contributed by atoms with Crippen LogP contribution in [0.4, 0.5) is 0 Å². The van der Waals surface area contributed by atoms with Gasteiger partial charge < -0.3 is 19.6 Å². The first-order valence-electron chi connectivity index (χ1n) is 9.69. The van der Waals surface area contributed by atoms with E-state index in [1.807, 2.05) is 11.0 Å². The molecule has 0 aromatic carbocycles. The summed E-state index contributed by atoms with van der Waals surface area (Å²) in [6.07, 6.45) is 5.07. The number of hydrogen-bond donors (Lipinski definition) is 1. The minimum absolute atomic E-state index is 0.143. The summed E-state index contributed by atoms with van der Waals surface area (Å²) in [5, 5.41) is 7.31. The number of piperidine rings is 1. The number of amides is 1. The summed E-state index contributed by atoms with van der Waals surface area (Å²) >= 11 is 0. The molecule has 0 saturated carbocycles. The molecule has 3 heterocycles. The molecule has 1 amide bonds. The van der Waals surface area contributed by atoms with Crippen molar-refractivity contribution in [3.63, 3.8) is 0 Å². The van der Waals surface area contributed by atoms with Crippen molar-refractivity contribution in [1.82, 2.24) is 25.2 Å². The van der Waals surface area contributed by atoms with Gasteiger partial charge in [0.05, 0.1) is 5.69 Å². The van der Waals surface area contributed by atoms with Crippen molar-refractivity contribution < 1.29 is 9.32 Å². The molecule has 0 unspecified atom stereocenters. The van der Waals surface area contributed by atoms with Gasteiger partial charge >= 0.3 is 0 Å². The number of piperazine rings is 1. The average molecular weight is 362 g/mol. The number of rotatable bonds is 5. The fraction of sp³-hybridized carbons (Fsp3) is 0.722. The first kappa shape index (κ1) is 18.7. The van der Waals surface area contributed by atoms with Crippen LogP contribution in [0, 0.1) is 0 Å². The molecule has 2 aliphatic rings. The van der Waals surface area contributed by atoms with Gasteiger partial charge in [-0.05, 0) is 26.2 Å². The minimum atomic E-state index is 0.143. The average Bonchev–Trinajstić information content (AvgIpc) is 3.19. The number of nitrogens with one attached hydrogen (secondary N) is 1. The second-order valence-corrected chi connectivity index (χ2v) is 6.87. The number of aliphatic imine (C=N–C) groups is 1. The number of carbonyl (C=O) groups excluding carboxylic acids is 1. The van der Waals surface area contributed by atoms with Crippen molar-refractivity contribution in [3.8, 4) is 0 Å². The molecular formula is C18H30N6O2. The molecule has 0 radical (unpaired) electrons. The predicted molar refractivity (Wildman–Crippen MR) is 99.8 cm³/mol. The summed E-state index contributed by atoms with van der Waals surface area (Å²) in [7, 11) is 0. The maximum absolute atomic E-state index is 12.4. The van der Waals surface area contributed by atoms with Gasteiger partial charge in [0, 0.05) is 58.4 Å². The highest BCUT2D eigenvalue weighted by atomic mass is 16.5. The number of likely N-dealkylation sites (tertiary alicyclic amines) is 1. The first-order chi connectivity index (χ1) is 12.8. The lowest BCUT2D eigenvalue weighted by molar-refractivity contribution is -0.130. The highest BCUT2D eigenvalue weighted by molar-refractivity contribution is 5.85. The van der Waals surface area contributed by atoms with Crippen molar-refractivity contribution in [2.75, 3.05) is 52.4 Å². The van der Waals surface area contributed by atoms with Crippen LogP contribution in [0.15, 0.2) is 21.8 Å². The van der Waals surface area contributed by atoms with E-state index in [1.54, 1.807) is 6.26 Å². The zero-order valence-electron chi connectivity index (χ0n) is 15.7. The van der Waals surface area contributed by atoms with E-state index >= 15 is 0 Å². The molecule has 1 aromatic heterocycles. The van der Waals surface area contributed by atoms with Crippen LogP contribution in [0.2, 0.25) is 0 Å². The van der Waals surface area contributed by atoms with Crippen LogP contribution in [0.25, 0.3) is 0 Å². The van der Waals surface area contributed by atoms with Gasteiger partial charge in [-0.3, -0.25) is 9.69 Å². The van der Waals surface area contributed by atoms with Gasteiger partial charge in [-0.1, -0.05) is 5.16 Å². The first-order valence-corrected chi connectivity index (χ1v) is 9.69. The third-order valence-electron chi connectivity index (χ3n) is 4.96. The second kappa shape index (κ2) is 9.56. The Morgan fingerprint density at radius 2 is 1.92 bits per heavy atom. The van der Waals surface area contributed by atoms with E-state index in [2.05, 4.69) is 32.2 Å². The lowest BCUT2D eigenvalue weighted by Gasteiger charge is -2.36. The summed E-state index contributed by atoms with van der Waals surface area (Å²) in [6.45, 7) is 9.33. The van der Waals surface area contributed by atoms with E-state index in [0.29, 0.717) is 0 Å². The van der Waals surface area contributed by atoms with Gasteiger partial charge in [-0.2, -0.15) is 0 Å². The molecular weight excluding hydrogens is 332 g/mol. The minimum Gasteiger partial charge on any atom is -0.364 e. The van der Waals surface area contributed by atoms with E-state index in [-0.39, 0.29) is 12.5 Å². The third kappa shape index (κ3) is 5.20. The standard InChI is InChI=1S/C18H30N6O2/c1-2-19-18(20-14-17(25)23-7-4-3-5-8-23)24-11-9-22(10-12-24)15-16-6-13-26-21-16/h6,13H,2-5,7-12,14-15H2,1H3,(H,19,20). The van der Waals surface area contributed by atoms with Crippen LogP contribution in [0.3, 0.4) is 0 Å². The molecule has 0 spiro atoms. The Kier molecular flexibility index (Phi) is 6.88. The van der Waals surface area contributed by atoms with Crippen LogP contribution in [-0.4, -0.2) is 84.1 Å². The Hall–Kier alpha value is -2.09. The Bertz CT molecular complexity index is 575. The lowest BCUT2D eigenvalue weighted by atomic mass is 10.1. The number of nitrogens with zero attached hydrogens (tertiary/aromatic N) is 5. The van der Waals surface area contributed by atoms with E-state index in [4.69, 9.17) is 4.52 Å². The normalized spacial score (nSPS) is 19.7. The summed E-state index contributed by atoms with van der Waals surface area (Å²) in [4.78, 5) is 23.5. The summed E-state index contributed by atoms with van der Waals surface area (Å²) < 4.78 is 4.90. The van der Waals surface area contributed by atoms with E-state index in [9.17, 15) is 4.79 Å². The zero-order valence-corrected chi connectivity index (χ0v) is 15.7. The Morgan fingerprint density at radius 3 is 2.58 bits per heavy atom. The molecule has 26 heavy (non-hydrogen) atoms. The molecule has 1 aromatic rings. The molecule has 3 rings (SSSR count). The van der Waals surface area contributed by atoms with Gasteiger partial charge in [0.25, 0.3) is 0 Å². The molecule has 2 saturated heterocycles. The predicted octanol–water partition coefficient (Wildman–Crippen LogP) is 0.770. The zero-order chi connectivity index (χ0) is 18.2. The molecule has 144 valence electrons. The number of hydrogen-bond acceptors (Lipinski definition) is 5. The van der Waals surface area contributed by atoms with E-state index in [1.165, 1.54) is 6.42 Å². The topological polar surface area (TPSA) is 77.2 Å². The Balaban J connectivity index is 1.50. The maximum Gasteiger partial charge on any atom is 0.244 e. The van der Waals surface area contributed by atoms with Crippen LogP contribution >= 0.6 is 0 Å². The van der Waals surface area contributed by atoms with Crippen LogP contribution in [0.5, 0.6) is 0 Å². The summed E-state index contributed by atoms with van der Waals surface area (Å²) in [5.74, 6) is 0.990. The van der Waals surface area contributed by atoms with Gasteiger partial charge in [0.15, 0.2) is 5.96 Å². The summed E-state index contributed by atoms with van der Waals surface area (Å²) in [5.41, 5.74) is 0.964. The van der Waals surface area contributed by atoms with Crippen LogP contribution in [0.1, 0.15) is 31.9 Å². The molecule has 0 atom stereocenters. The largest absolute Gasteiger partial charge is 0.364 e. The van der Waals surface area contributed by atoms with Gasteiger partial charge in [0.2, 0.25) is 5.91 Å². The van der Waals surface area contributed by atoms with E-state index < -0.39 is 0 Å². The van der Waals surface area contributed by atoms with Crippen LogP contribution < -0.4 is 5.32 Å². The fourth-order valence-electron chi connectivity index (χ4n) is 3.48. The van der Waals surface area contributed by atoms with Gasteiger partial charge in [0.1, 0.15) is 12.8 Å². The fourth-order valence-corrected chi connectivity index (χ4v) is 3.48. The summed E-state index contributed by atoms with van der Waals surface area (Å²) in [6, 6.07) is 1.91. The van der Waals surface area contributed by atoms with Crippen molar-refractivity contribution in [1.29, 1.82) is 0 Å². The monoisotopic (exact) mass is 362 g/mol. The van der Waals surface area contributed by atoms with Gasteiger partial charge in [-0.25, -0.2) is 4.99 Å². The highest BCUT2D eigenvalue weighted by Gasteiger charge is 2.21. The number of carbonyl (C=O) groups is 1. The van der Waals surface area contributed by atoms with E-state index in [0.717, 1.165) is 76.9 Å². The van der Waals surface area contributed by atoms with Crippen molar-refractivity contribution in [3.05, 3.63) is 18.0 Å². The van der Waals surface area contributed by atoms with Crippen LogP contribution in [-0.2, 0) is 11.3 Å². The Labute approximate surface area is 155 Å². The number of guanidine groups is 1. The number of aromatic nitrogens is 1. The highest BCUT2D eigenvalue weighted by Crippen LogP contribution is 2.10. The maximum atomic E-state index is 12.4. The molecule has 0 bridgehead atoms. The molecule has 0 aliphatic carbocycles. The molecule has 2 fully saturated rings. The quantitative estimate of drug-likeness (QED) is 0.616. The second-order valence-electron chi connectivity index (χ2n) is 6.87. The SMILES string of the molecule is CCNC(=NCC(=O)N1CCCCC1)N1CCN(Cc2ccon2)CC1. The van der Waals surface area contributed by atoms with Crippen molar-refractivity contribution >= 4 is 11.9 Å². The molecule has 2 aliphatic heterocycles. The Morgan fingerprint density at radius 1 is 1.15 bits per heavy atom. The third-order valence-corrected chi connectivity index (χ3v) is 4.96. The molecule has 8 nitrogen and oxygen atoms in total. The lowest BCUT2D eigenvalue weighted by Crippen LogP contribution is -2.52. The van der Waals surface area contributed by atoms with Crippen molar-refractivity contribution in [2.24, 2.45) is 4.99 Å². The van der Waals surface area contributed by atoms with Gasteiger partial charge in [-0.15, -0.1) is 0 Å².